The van der Waals surface area contributed by atoms with E-state index in [2.05, 4.69) is 62.1 Å². The number of nitrogens with zero attached hydrogens (tertiary/aromatic N) is 4. The lowest BCUT2D eigenvalue weighted by atomic mass is 9.87. The summed E-state index contributed by atoms with van der Waals surface area (Å²) in [6.45, 7) is 11.2. The Morgan fingerprint density at radius 3 is 2.62 bits per heavy atom. The highest BCUT2D eigenvalue weighted by Gasteiger charge is 2.35. The number of aromatic nitrogens is 3. The molecule has 2 aromatic heterocycles. The summed E-state index contributed by atoms with van der Waals surface area (Å²) in [6, 6.07) is 12.3. The van der Waals surface area contributed by atoms with Crippen LogP contribution in [0.25, 0.3) is 5.65 Å². The number of hydrogen-bond donors (Lipinski definition) is 0. The fourth-order valence-electron chi connectivity index (χ4n) is 4.41. The van der Waals surface area contributed by atoms with Crippen LogP contribution in [-0.4, -0.2) is 50.2 Å². The van der Waals surface area contributed by atoms with Crippen molar-refractivity contribution in [2.45, 2.75) is 76.6 Å². The molecule has 0 saturated heterocycles. The van der Waals surface area contributed by atoms with Gasteiger partial charge in [-0.15, -0.1) is 9.24 Å². The Morgan fingerprint density at radius 2 is 1.91 bits per heavy atom. The van der Waals surface area contributed by atoms with Crippen LogP contribution >= 0.6 is 9.24 Å². The summed E-state index contributed by atoms with van der Waals surface area (Å²) in [7, 11) is 4.56. The van der Waals surface area contributed by atoms with Crippen molar-refractivity contribution in [3.05, 3.63) is 58.9 Å². The maximum atomic E-state index is 13.6. The van der Waals surface area contributed by atoms with E-state index in [1.807, 2.05) is 27.6 Å². The summed E-state index contributed by atoms with van der Waals surface area (Å²) in [4.78, 5) is 20.3. The Bertz CT molecular complexity index is 1250. The Morgan fingerprint density at radius 1 is 1.18 bits per heavy atom. The quantitative estimate of drug-likeness (QED) is 0.399. The van der Waals surface area contributed by atoms with Crippen LogP contribution in [0.3, 0.4) is 0 Å². The Kier molecular flexibility index (Phi) is 5.85. The van der Waals surface area contributed by atoms with Crippen LogP contribution in [-0.2, 0) is 11.1 Å². The molecule has 1 saturated carbocycles. The molecule has 5 rings (SSSR count). The molecule has 0 bridgehead atoms. The normalized spacial score (nSPS) is 18.8. The Balaban J connectivity index is 1.44. The third-order valence-electron chi connectivity index (χ3n) is 7.57. The number of rotatable bonds is 6. The molecule has 8 heteroatoms. The fraction of sp³-hybridized carbons (Fsp3) is 0.500. The van der Waals surface area contributed by atoms with Gasteiger partial charge in [-0.25, -0.2) is 9.50 Å². The van der Waals surface area contributed by atoms with Gasteiger partial charge in [-0.05, 0) is 63.3 Å². The first-order chi connectivity index (χ1) is 16.0. The van der Waals surface area contributed by atoms with E-state index < -0.39 is 0 Å². The van der Waals surface area contributed by atoms with E-state index in [4.69, 9.17) is 14.7 Å². The first kappa shape index (κ1) is 23.5. The van der Waals surface area contributed by atoms with E-state index in [0.717, 1.165) is 25.0 Å². The Hall–Kier alpha value is -2.24. The molecule has 0 spiro atoms. The number of fused-ring (bicyclic) bond motifs is 2. The molecule has 3 aromatic rings. The van der Waals surface area contributed by atoms with Gasteiger partial charge >= 0.3 is 7.48 Å². The molecule has 1 radical (unpaired) electrons. The maximum absolute atomic E-state index is 13.6. The summed E-state index contributed by atoms with van der Waals surface area (Å²) >= 11 is 0. The smallest absolute Gasteiger partial charge is 0.354 e. The highest BCUT2D eigenvalue weighted by atomic mass is 31.0. The Labute approximate surface area is 204 Å². The first-order valence-electron chi connectivity index (χ1n) is 12.1. The molecular formula is C26H33BN4O2P. The second-order valence-electron chi connectivity index (χ2n) is 10.8. The van der Waals surface area contributed by atoms with Crippen LogP contribution in [0.5, 0.6) is 0 Å². The zero-order valence-electron chi connectivity index (χ0n) is 20.7. The molecule has 1 aliphatic carbocycles. The molecule has 2 aliphatic rings. The van der Waals surface area contributed by atoms with Crippen molar-refractivity contribution in [2.24, 2.45) is 0 Å². The van der Waals surface area contributed by atoms with Crippen LogP contribution in [0.1, 0.15) is 86.7 Å². The molecule has 1 amide bonds. The second-order valence-corrected chi connectivity index (χ2v) is 12.2. The second kappa shape index (κ2) is 8.46. The van der Waals surface area contributed by atoms with Gasteiger partial charge in [-0.2, -0.15) is 5.10 Å². The highest BCUT2D eigenvalue weighted by molar-refractivity contribution is 7.19. The average molecular weight is 475 g/mol. The highest BCUT2D eigenvalue weighted by Crippen LogP contribution is 2.40. The molecule has 177 valence electrons. The number of amides is 1. The summed E-state index contributed by atoms with van der Waals surface area (Å²) in [5, 5.41) is 4.65. The van der Waals surface area contributed by atoms with Gasteiger partial charge in [-0.1, -0.05) is 38.1 Å². The van der Waals surface area contributed by atoms with Crippen LogP contribution in [0.15, 0.2) is 36.4 Å². The number of hydrogen-bond acceptors (Lipinski definition) is 4. The number of benzene rings is 1. The largest absolute Gasteiger partial charge is 0.427 e. The third-order valence-corrected chi connectivity index (χ3v) is 8.27. The molecule has 34 heavy (non-hydrogen) atoms. The average Bonchev–Trinajstić information content (AvgIpc) is 3.55. The van der Waals surface area contributed by atoms with Crippen LogP contribution in [0, 0.1) is 0 Å². The van der Waals surface area contributed by atoms with Crippen molar-refractivity contribution >= 4 is 33.9 Å². The monoisotopic (exact) mass is 475 g/mol. The van der Waals surface area contributed by atoms with Gasteiger partial charge in [0.25, 0.3) is 5.91 Å². The fourth-order valence-corrected chi connectivity index (χ4v) is 4.48. The minimum Gasteiger partial charge on any atom is -0.427 e. The predicted molar refractivity (Wildman–Crippen MR) is 139 cm³/mol. The van der Waals surface area contributed by atoms with Crippen molar-refractivity contribution < 1.29 is 9.45 Å². The van der Waals surface area contributed by atoms with Gasteiger partial charge in [0.15, 0.2) is 5.65 Å². The summed E-state index contributed by atoms with van der Waals surface area (Å²) < 4.78 is 8.01. The van der Waals surface area contributed by atoms with Gasteiger partial charge in [-0.3, -0.25) is 4.79 Å². The van der Waals surface area contributed by atoms with Gasteiger partial charge in [0.1, 0.15) is 5.69 Å². The molecule has 1 fully saturated rings. The topological polar surface area (TPSA) is 59.7 Å². The summed E-state index contributed by atoms with van der Waals surface area (Å²) in [5.74, 6) is 0.410. The summed E-state index contributed by atoms with van der Waals surface area (Å²) in [5.41, 5.74) is 5.12. The summed E-state index contributed by atoms with van der Waals surface area (Å²) in [6.07, 6.45) is 3.10. The molecule has 2 atom stereocenters. The lowest BCUT2D eigenvalue weighted by molar-refractivity contribution is 0.0671. The van der Waals surface area contributed by atoms with E-state index in [-0.39, 0.29) is 22.7 Å². The molecule has 3 heterocycles. The van der Waals surface area contributed by atoms with Crippen molar-refractivity contribution in [1.82, 2.24) is 19.5 Å². The van der Waals surface area contributed by atoms with Crippen molar-refractivity contribution in [1.29, 1.82) is 0 Å². The van der Waals surface area contributed by atoms with E-state index in [1.165, 1.54) is 11.1 Å². The van der Waals surface area contributed by atoms with Gasteiger partial charge in [0, 0.05) is 23.3 Å². The molecule has 6 nitrogen and oxygen atoms in total. The molecule has 0 N–H and O–H groups in total. The number of carbonyl (C=O) groups is 1. The van der Waals surface area contributed by atoms with Gasteiger partial charge in [0.05, 0.1) is 17.2 Å². The zero-order chi connectivity index (χ0) is 24.3. The lowest BCUT2D eigenvalue weighted by Crippen LogP contribution is -2.45. The van der Waals surface area contributed by atoms with E-state index in [9.17, 15) is 4.79 Å². The minimum atomic E-state index is -0.387. The van der Waals surface area contributed by atoms with Gasteiger partial charge in [0.2, 0.25) is 0 Å². The van der Waals surface area contributed by atoms with E-state index in [1.54, 1.807) is 7.48 Å². The van der Waals surface area contributed by atoms with Crippen LogP contribution < -0.4 is 5.59 Å². The molecule has 1 unspecified atom stereocenters. The molecule has 1 aliphatic heterocycles. The standard InChI is InChI=1S/C26H33BN4O2P/c1-16-19-9-7-6-8-17(19)12-13-30(16)24(32)20-14-21(18-10-11-18)31-23(28-20)15-22(29-31)27-33-25(2,3)26(4,5)34/h6-9,14-16,18H,10-13,34H2,1-5H3/t16-/m1/s1. The minimum absolute atomic E-state index is 0.0136. The SMILES string of the molecule is C[C@@H]1c2ccccc2CCN1C(=O)c1cc(C2CC2)n2nc([B]OC(C)(C)C(C)(C)P)cc2n1. The van der Waals surface area contributed by atoms with Crippen molar-refractivity contribution in [3.8, 4) is 0 Å². The molecule has 1 aromatic carbocycles. The molecular weight excluding hydrogens is 442 g/mol. The van der Waals surface area contributed by atoms with Crippen molar-refractivity contribution in [2.75, 3.05) is 6.54 Å². The lowest BCUT2D eigenvalue weighted by Gasteiger charge is -2.38. The van der Waals surface area contributed by atoms with E-state index >= 15 is 0 Å². The van der Waals surface area contributed by atoms with Crippen LogP contribution in [0.4, 0.5) is 0 Å². The third kappa shape index (κ3) is 4.29. The zero-order valence-corrected chi connectivity index (χ0v) is 21.9. The van der Waals surface area contributed by atoms with Gasteiger partial charge < -0.3 is 9.55 Å². The first-order valence-corrected chi connectivity index (χ1v) is 12.7. The van der Waals surface area contributed by atoms with Crippen LogP contribution in [0.2, 0.25) is 0 Å². The van der Waals surface area contributed by atoms with E-state index in [0.29, 0.717) is 29.4 Å². The predicted octanol–water partition coefficient (Wildman–Crippen LogP) is 4.06. The maximum Gasteiger partial charge on any atom is 0.354 e. The number of carbonyl (C=O) groups excluding carboxylic acids is 1. The van der Waals surface area contributed by atoms with Crippen molar-refractivity contribution in [3.63, 3.8) is 0 Å².